The van der Waals surface area contributed by atoms with Crippen molar-refractivity contribution in [2.24, 2.45) is 5.73 Å². The van der Waals surface area contributed by atoms with Gasteiger partial charge < -0.3 is 10.8 Å². The van der Waals surface area contributed by atoms with Crippen LogP contribution < -0.4 is 5.73 Å². The number of halogens is 2. The summed E-state index contributed by atoms with van der Waals surface area (Å²) in [5.41, 5.74) is 6.03. The largest absolute Gasteiger partial charge is 0.508 e. The molecule has 0 aliphatic carbocycles. The molecule has 1 rings (SSSR count). The predicted octanol–water partition coefficient (Wildman–Crippen LogP) is 2.12. The number of alkyl halides is 1. The van der Waals surface area contributed by atoms with E-state index in [1.54, 1.807) is 6.07 Å². The molecule has 2 nitrogen and oxygen atoms in total. The van der Waals surface area contributed by atoms with Crippen molar-refractivity contribution in [1.29, 1.82) is 0 Å². The lowest BCUT2D eigenvalue weighted by molar-refractivity contribution is 0.433. The van der Waals surface area contributed by atoms with Gasteiger partial charge in [0.25, 0.3) is 0 Å². The summed E-state index contributed by atoms with van der Waals surface area (Å²) < 4.78 is 12.9. The highest BCUT2D eigenvalue weighted by Gasteiger charge is 2.09. The van der Waals surface area contributed by atoms with E-state index in [2.05, 4.69) is 15.9 Å². The van der Waals surface area contributed by atoms with Crippen molar-refractivity contribution in [2.75, 3.05) is 6.67 Å². The zero-order valence-corrected chi connectivity index (χ0v) is 7.88. The van der Waals surface area contributed by atoms with E-state index in [0.29, 0.717) is 10.0 Å². The Bertz CT molecular complexity index is 280. The van der Waals surface area contributed by atoms with Gasteiger partial charge in [-0.05, 0) is 23.8 Å². The summed E-state index contributed by atoms with van der Waals surface area (Å²) in [4.78, 5) is 0. The van der Waals surface area contributed by atoms with Crippen LogP contribution in [0.15, 0.2) is 22.7 Å². The predicted molar refractivity (Wildman–Crippen MR) is 48.7 cm³/mol. The van der Waals surface area contributed by atoms with Crippen LogP contribution in [0.2, 0.25) is 0 Å². The van der Waals surface area contributed by atoms with Crippen molar-refractivity contribution in [2.45, 2.75) is 6.04 Å². The number of phenolic OH excluding ortho intramolecular Hbond substituents is 1. The van der Waals surface area contributed by atoms with Crippen molar-refractivity contribution >= 4 is 15.9 Å². The third-order valence-corrected chi connectivity index (χ3v) is 2.27. The third kappa shape index (κ3) is 1.95. The van der Waals surface area contributed by atoms with Crippen molar-refractivity contribution in [3.8, 4) is 5.75 Å². The first-order valence-corrected chi connectivity index (χ1v) is 4.24. The number of phenols is 1. The van der Waals surface area contributed by atoms with Crippen LogP contribution >= 0.6 is 15.9 Å². The van der Waals surface area contributed by atoms with Gasteiger partial charge in [0.1, 0.15) is 12.4 Å². The quantitative estimate of drug-likeness (QED) is 0.823. The van der Waals surface area contributed by atoms with E-state index in [1.807, 2.05) is 0 Å². The van der Waals surface area contributed by atoms with E-state index >= 15 is 0 Å². The summed E-state index contributed by atoms with van der Waals surface area (Å²) >= 11 is 3.21. The Balaban J connectivity index is 3.04. The fraction of sp³-hybridized carbons (Fsp3) is 0.250. The zero-order chi connectivity index (χ0) is 9.14. The average molecular weight is 234 g/mol. The second-order valence-corrected chi connectivity index (χ2v) is 3.32. The molecular weight excluding hydrogens is 225 g/mol. The first-order valence-electron chi connectivity index (χ1n) is 3.45. The normalized spacial score (nSPS) is 12.9. The molecule has 0 saturated carbocycles. The Hall–Kier alpha value is -0.610. The first kappa shape index (κ1) is 9.48. The second kappa shape index (κ2) is 3.87. The smallest absolute Gasteiger partial charge is 0.115 e. The maximum Gasteiger partial charge on any atom is 0.115 e. The SMILES string of the molecule is N[C@H](CF)c1cc(O)ccc1Br. The molecule has 1 aromatic carbocycles. The van der Waals surface area contributed by atoms with Crippen LogP contribution in [-0.2, 0) is 0 Å². The Kier molecular flexibility index (Phi) is 3.05. The Morgan fingerprint density at radius 3 is 2.83 bits per heavy atom. The van der Waals surface area contributed by atoms with Crippen LogP contribution in [0.1, 0.15) is 11.6 Å². The number of benzene rings is 1. The maximum absolute atomic E-state index is 12.2. The standard InChI is InChI=1S/C8H9BrFNO/c9-7-2-1-5(12)3-6(7)8(11)4-10/h1-3,8,12H,4,11H2/t8-/m1/s1. The van der Waals surface area contributed by atoms with Crippen LogP contribution in [0, 0.1) is 0 Å². The molecule has 3 N–H and O–H groups in total. The second-order valence-electron chi connectivity index (χ2n) is 2.47. The minimum absolute atomic E-state index is 0.0945. The van der Waals surface area contributed by atoms with Crippen LogP contribution in [0.25, 0.3) is 0 Å². The fourth-order valence-electron chi connectivity index (χ4n) is 0.898. The highest BCUT2D eigenvalue weighted by molar-refractivity contribution is 9.10. The molecule has 4 heteroatoms. The lowest BCUT2D eigenvalue weighted by atomic mass is 10.1. The molecule has 0 spiro atoms. The van der Waals surface area contributed by atoms with E-state index in [0.717, 1.165) is 0 Å². The van der Waals surface area contributed by atoms with E-state index in [4.69, 9.17) is 10.8 Å². The topological polar surface area (TPSA) is 46.2 Å². The number of hydrogen-bond donors (Lipinski definition) is 2. The molecule has 0 heterocycles. The van der Waals surface area contributed by atoms with E-state index in [1.165, 1.54) is 12.1 Å². The van der Waals surface area contributed by atoms with Gasteiger partial charge >= 0.3 is 0 Å². The molecule has 0 aliphatic rings. The summed E-state index contributed by atoms with van der Waals surface area (Å²) in [5, 5.41) is 9.08. The molecule has 0 aromatic heterocycles. The molecule has 66 valence electrons. The van der Waals surface area contributed by atoms with Gasteiger partial charge in [-0.15, -0.1) is 0 Å². The molecule has 0 aliphatic heterocycles. The van der Waals surface area contributed by atoms with Crippen molar-refractivity contribution < 1.29 is 9.50 Å². The van der Waals surface area contributed by atoms with Gasteiger partial charge in [0, 0.05) is 4.47 Å². The third-order valence-electron chi connectivity index (χ3n) is 1.55. The van der Waals surface area contributed by atoms with Gasteiger partial charge in [-0.2, -0.15) is 0 Å². The summed E-state index contributed by atoms with van der Waals surface area (Å²) in [6.07, 6.45) is 0. The molecule has 1 atom stereocenters. The highest BCUT2D eigenvalue weighted by atomic mass is 79.9. The molecule has 12 heavy (non-hydrogen) atoms. The van der Waals surface area contributed by atoms with E-state index < -0.39 is 12.7 Å². The van der Waals surface area contributed by atoms with Crippen LogP contribution in [0.5, 0.6) is 5.75 Å². The molecular formula is C8H9BrFNO. The zero-order valence-electron chi connectivity index (χ0n) is 6.30. The van der Waals surface area contributed by atoms with Crippen LogP contribution in [-0.4, -0.2) is 11.8 Å². The van der Waals surface area contributed by atoms with Crippen molar-refractivity contribution in [1.82, 2.24) is 0 Å². The lowest BCUT2D eigenvalue weighted by Gasteiger charge is -2.09. The summed E-state index contributed by atoms with van der Waals surface area (Å²) in [6.45, 7) is -0.637. The maximum atomic E-state index is 12.2. The van der Waals surface area contributed by atoms with Gasteiger partial charge in [0.05, 0.1) is 6.04 Å². The van der Waals surface area contributed by atoms with Gasteiger partial charge in [-0.1, -0.05) is 15.9 Å². The van der Waals surface area contributed by atoms with Gasteiger partial charge in [-0.25, -0.2) is 4.39 Å². The monoisotopic (exact) mass is 233 g/mol. The summed E-state index contributed by atoms with van der Waals surface area (Å²) in [7, 11) is 0. The average Bonchev–Trinajstić information content (AvgIpc) is 2.08. The van der Waals surface area contributed by atoms with E-state index in [-0.39, 0.29) is 5.75 Å². The first-order chi connectivity index (χ1) is 5.65. The molecule has 0 amide bonds. The molecule has 0 bridgehead atoms. The molecule has 1 aromatic rings. The van der Waals surface area contributed by atoms with Crippen molar-refractivity contribution in [3.63, 3.8) is 0 Å². The molecule has 0 radical (unpaired) electrons. The summed E-state index contributed by atoms with van der Waals surface area (Å²) in [5.74, 6) is 0.0945. The van der Waals surface area contributed by atoms with Gasteiger partial charge in [-0.3, -0.25) is 0 Å². The summed E-state index contributed by atoms with van der Waals surface area (Å²) in [6, 6.07) is 3.93. The number of hydrogen-bond acceptors (Lipinski definition) is 2. The molecule has 0 unspecified atom stereocenters. The minimum Gasteiger partial charge on any atom is -0.508 e. The molecule has 0 fully saturated rings. The van der Waals surface area contributed by atoms with Gasteiger partial charge in [0.2, 0.25) is 0 Å². The number of nitrogens with two attached hydrogens (primary N) is 1. The van der Waals surface area contributed by atoms with Crippen molar-refractivity contribution in [3.05, 3.63) is 28.2 Å². The minimum atomic E-state index is -0.675. The van der Waals surface area contributed by atoms with Gasteiger partial charge in [0.15, 0.2) is 0 Å². The highest BCUT2D eigenvalue weighted by Crippen LogP contribution is 2.26. The van der Waals surface area contributed by atoms with Crippen LogP contribution in [0.4, 0.5) is 4.39 Å². The Morgan fingerprint density at radius 1 is 1.58 bits per heavy atom. The van der Waals surface area contributed by atoms with Crippen LogP contribution in [0.3, 0.4) is 0 Å². The van der Waals surface area contributed by atoms with E-state index in [9.17, 15) is 4.39 Å². The lowest BCUT2D eigenvalue weighted by Crippen LogP contribution is -2.12. The number of aromatic hydroxyl groups is 1. The Labute approximate surface area is 78.3 Å². The fourth-order valence-corrected chi connectivity index (χ4v) is 1.44. The Morgan fingerprint density at radius 2 is 2.25 bits per heavy atom. The number of rotatable bonds is 2. The molecule has 0 saturated heterocycles.